The Kier molecular flexibility index (Phi) is 10.4. The van der Waals surface area contributed by atoms with Crippen LogP contribution in [0.5, 0.6) is 0 Å². The molecule has 1 atom stereocenters. The van der Waals surface area contributed by atoms with Crippen molar-refractivity contribution in [2.45, 2.75) is 51.1 Å². The second-order valence-electron chi connectivity index (χ2n) is 9.56. The molecule has 0 bridgehead atoms. The largest absolute Gasteiger partial charge is 0.352 e. The van der Waals surface area contributed by atoms with E-state index in [1.54, 1.807) is 25.1 Å². The van der Waals surface area contributed by atoms with Gasteiger partial charge in [-0.05, 0) is 63.9 Å². The summed E-state index contributed by atoms with van der Waals surface area (Å²) in [6.07, 6.45) is 0.481. The highest BCUT2D eigenvalue weighted by molar-refractivity contribution is 7.92. The second-order valence-corrected chi connectivity index (χ2v) is 12.2. The van der Waals surface area contributed by atoms with Crippen molar-refractivity contribution in [1.29, 1.82) is 0 Å². The summed E-state index contributed by atoms with van der Waals surface area (Å²) in [5, 5.41) is 2.99. The number of hydrogen-bond donors (Lipinski definition) is 1. The van der Waals surface area contributed by atoms with Crippen LogP contribution in [0.15, 0.2) is 77.7 Å². The molecule has 2 amide bonds. The molecule has 3 aromatic carbocycles. The molecule has 0 saturated heterocycles. The first-order valence-electron chi connectivity index (χ1n) is 12.6. The van der Waals surface area contributed by atoms with E-state index in [9.17, 15) is 18.0 Å². The molecular weight excluding hydrogens is 557 g/mol. The highest BCUT2D eigenvalue weighted by Crippen LogP contribution is 2.35. The first-order valence-corrected chi connectivity index (χ1v) is 14.8. The molecule has 208 valence electrons. The Balaban J connectivity index is 2.02. The van der Waals surface area contributed by atoms with Gasteiger partial charge in [-0.25, -0.2) is 8.42 Å². The fourth-order valence-corrected chi connectivity index (χ4v) is 5.88. The first kappa shape index (κ1) is 30.5. The van der Waals surface area contributed by atoms with Crippen LogP contribution in [0.1, 0.15) is 31.9 Å². The van der Waals surface area contributed by atoms with Gasteiger partial charge in [-0.1, -0.05) is 77.3 Å². The third kappa shape index (κ3) is 7.75. The molecule has 3 aromatic rings. The van der Waals surface area contributed by atoms with E-state index < -0.39 is 28.5 Å². The second kappa shape index (κ2) is 13.3. The predicted octanol–water partition coefficient (Wildman–Crippen LogP) is 5.48. The smallest absolute Gasteiger partial charge is 0.264 e. The highest BCUT2D eigenvalue weighted by atomic mass is 35.5. The maximum absolute atomic E-state index is 13.9. The summed E-state index contributed by atoms with van der Waals surface area (Å²) >= 11 is 12.7. The van der Waals surface area contributed by atoms with Crippen molar-refractivity contribution in [2.75, 3.05) is 17.4 Å². The summed E-state index contributed by atoms with van der Waals surface area (Å²) in [4.78, 5) is 28.2. The molecule has 0 aliphatic heterocycles. The van der Waals surface area contributed by atoms with E-state index in [0.717, 1.165) is 15.4 Å². The molecule has 0 aliphatic carbocycles. The number of rotatable bonds is 11. The van der Waals surface area contributed by atoms with Gasteiger partial charge in [0.25, 0.3) is 10.0 Å². The lowest BCUT2D eigenvalue weighted by Crippen LogP contribution is -2.53. The Morgan fingerprint density at radius 2 is 1.54 bits per heavy atom. The lowest BCUT2D eigenvalue weighted by atomic mass is 10.1. The van der Waals surface area contributed by atoms with Crippen molar-refractivity contribution in [3.05, 3.63) is 94.0 Å². The van der Waals surface area contributed by atoms with Crippen molar-refractivity contribution in [3.63, 3.8) is 0 Å². The minimum Gasteiger partial charge on any atom is -0.352 e. The van der Waals surface area contributed by atoms with Gasteiger partial charge in [0.05, 0.1) is 20.6 Å². The number of carbonyl (C=O) groups excluding carboxylic acids is 2. The van der Waals surface area contributed by atoms with Crippen molar-refractivity contribution in [2.24, 2.45) is 0 Å². The van der Waals surface area contributed by atoms with Crippen LogP contribution in [0.3, 0.4) is 0 Å². The van der Waals surface area contributed by atoms with E-state index in [-0.39, 0.29) is 39.1 Å². The summed E-state index contributed by atoms with van der Waals surface area (Å²) in [7, 11) is -4.23. The van der Waals surface area contributed by atoms with Crippen LogP contribution in [0.2, 0.25) is 10.0 Å². The molecule has 0 spiro atoms. The van der Waals surface area contributed by atoms with E-state index in [0.29, 0.717) is 6.42 Å². The van der Waals surface area contributed by atoms with Gasteiger partial charge >= 0.3 is 0 Å². The first-order chi connectivity index (χ1) is 18.4. The highest BCUT2D eigenvalue weighted by Gasteiger charge is 2.33. The number of aryl methyl sites for hydroxylation is 1. The third-order valence-corrected chi connectivity index (χ3v) is 8.75. The Bertz CT molecular complexity index is 1400. The topological polar surface area (TPSA) is 86.8 Å². The molecule has 1 N–H and O–H groups in total. The number of nitrogens with zero attached hydrogens (tertiary/aromatic N) is 2. The van der Waals surface area contributed by atoms with Crippen LogP contribution in [0.25, 0.3) is 0 Å². The van der Waals surface area contributed by atoms with Gasteiger partial charge in [-0.15, -0.1) is 0 Å². The van der Waals surface area contributed by atoms with E-state index in [4.69, 9.17) is 23.2 Å². The van der Waals surface area contributed by atoms with Crippen LogP contribution in [0, 0.1) is 6.92 Å². The average Bonchev–Trinajstić information content (AvgIpc) is 2.89. The summed E-state index contributed by atoms with van der Waals surface area (Å²) in [5.74, 6) is -0.885. The summed E-state index contributed by atoms with van der Waals surface area (Å²) in [5.41, 5.74) is 1.93. The van der Waals surface area contributed by atoms with Gasteiger partial charge in [0.15, 0.2) is 0 Å². The van der Waals surface area contributed by atoms with Crippen molar-refractivity contribution < 1.29 is 18.0 Å². The van der Waals surface area contributed by atoms with E-state index in [2.05, 4.69) is 5.32 Å². The Labute approximate surface area is 240 Å². The number of anilines is 1. The van der Waals surface area contributed by atoms with E-state index >= 15 is 0 Å². The number of benzene rings is 3. The molecule has 0 unspecified atom stereocenters. The standard InChI is InChI=1S/C29H33Cl2N3O4S/c1-20(2)32-29(36)22(4)33(18-17-23-9-6-5-7-10-23)27(35)19-34(26-12-8-11-25(30)28(26)31)39(37,38)24-15-13-21(3)14-16-24/h5-16,20,22H,17-19H2,1-4H3,(H,32,36)/t22-/m1/s1. The van der Waals surface area contributed by atoms with Crippen LogP contribution >= 0.6 is 23.2 Å². The number of nitrogens with one attached hydrogen (secondary N) is 1. The monoisotopic (exact) mass is 589 g/mol. The molecule has 0 aliphatic rings. The lowest BCUT2D eigenvalue weighted by Gasteiger charge is -2.32. The lowest BCUT2D eigenvalue weighted by molar-refractivity contribution is -0.139. The minimum absolute atomic E-state index is 0.00150. The zero-order valence-corrected chi connectivity index (χ0v) is 24.7. The molecule has 39 heavy (non-hydrogen) atoms. The molecule has 0 fully saturated rings. The van der Waals surface area contributed by atoms with E-state index in [1.165, 1.54) is 29.2 Å². The fourth-order valence-electron chi connectivity index (χ4n) is 4.01. The van der Waals surface area contributed by atoms with Crippen molar-refractivity contribution in [3.8, 4) is 0 Å². The maximum Gasteiger partial charge on any atom is 0.264 e. The van der Waals surface area contributed by atoms with Gasteiger partial charge in [-0.2, -0.15) is 0 Å². The zero-order valence-electron chi connectivity index (χ0n) is 22.4. The van der Waals surface area contributed by atoms with Crippen LogP contribution < -0.4 is 9.62 Å². The SMILES string of the molecule is Cc1ccc(S(=O)(=O)N(CC(=O)N(CCc2ccccc2)[C@H](C)C(=O)NC(C)C)c2cccc(Cl)c2Cl)cc1. The van der Waals surface area contributed by atoms with Crippen molar-refractivity contribution in [1.82, 2.24) is 10.2 Å². The molecule has 3 rings (SSSR count). The Morgan fingerprint density at radius 3 is 2.15 bits per heavy atom. The molecular formula is C29H33Cl2N3O4S. The molecule has 0 radical (unpaired) electrons. The van der Waals surface area contributed by atoms with Gasteiger partial charge in [0.2, 0.25) is 11.8 Å². The molecule has 0 saturated carbocycles. The summed E-state index contributed by atoms with van der Waals surface area (Å²) in [6.45, 7) is 6.77. The minimum atomic E-state index is -4.23. The zero-order chi connectivity index (χ0) is 28.7. The summed E-state index contributed by atoms with van der Waals surface area (Å²) < 4.78 is 28.7. The van der Waals surface area contributed by atoms with Crippen LogP contribution in [-0.2, 0) is 26.0 Å². The van der Waals surface area contributed by atoms with Crippen LogP contribution in [-0.4, -0.2) is 50.3 Å². The normalized spacial score (nSPS) is 12.2. The molecule has 0 heterocycles. The third-order valence-electron chi connectivity index (χ3n) is 6.17. The van der Waals surface area contributed by atoms with Crippen LogP contribution in [0.4, 0.5) is 5.69 Å². The Hall–Kier alpha value is -3.07. The predicted molar refractivity (Wildman–Crippen MR) is 157 cm³/mol. The fraction of sp³-hybridized carbons (Fsp3) is 0.310. The van der Waals surface area contributed by atoms with Crippen molar-refractivity contribution >= 4 is 50.7 Å². The number of hydrogen-bond acceptors (Lipinski definition) is 4. The van der Waals surface area contributed by atoms with Gasteiger partial charge in [-0.3, -0.25) is 13.9 Å². The molecule has 10 heteroatoms. The average molecular weight is 591 g/mol. The van der Waals surface area contributed by atoms with Gasteiger partial charge in [0.1, 0.15) is 12.6 Å². The van der Waals surface area contributed by atoms with Gasteiger partial charge in [0, 0.05) is 12.6 Å². The molecule has 7 nitrogen and oxygen atoms in total. The van der Waals surface area contributed by atoms with Gasteiger partial charge < -0.3 is 10.2 Å². The quantitative estimate of drug-likeness (QED) is 0.321. The summed E-state index contributed by atoms with van der Waals surface area (Å²) in [6, 6.07) is 19.5. The maximum atomic E-state index is 13.9. The number of amides is 2. The Morgan fingerprint density at radius 1 is 0.897 bits per heavy atom. The number of carbonyl (C=O) groups is 2. The number of halogens is 2. The van der Waals surface area contributed by atoms with E-state index in [1.807, 2.05) is 51.1 Å². The molecule has 0 aromatic heterocycles. The number of sulfonamides is 1.